The van der Waals surface area contributed by atoms with Crippen LogP contribution in [0.15, 0.2) is 85.0 Å². The van der Waals surface area contributed by atoms with Crippen LogP contribution in [0.5, 0.6) is 0 Å². The molecule has 0 nitrogen and oxygen atoms in total. The van der Waals surface area contributed by atoms with Gasteiger partial charge in [-0.2, -0.15) is 0 Å². The summed E-state index contributed by atoms with van der Waals surface area (Å²) in [5.41, 5.74) is 3.66. The number of hydrogen-bond acceptors (Lipinski definition) is 0. The van der Waals surface area contributed by atoms with Crippen molar-refractivity contribution in [1.29, 1.82) is 0 Å². The highest BCUT2D eigenvalue weighted by Crippen LogP contribution is 2.69. The first-order chi connectivity index (χ1) is 10.9. The van der Waals surface area contributed by atoms with E-state index in [1.165, 1.54) is 30.1 Å². The SMILES string of the molecule is C1=CC(P2CCCC2(c2ccccc2)c2ccccc2)C=C1. The van der Waals surface area contributed by atoms with Crippen LogP contribution in [0.25, 0.3) is 0 Å². The van der Waals surface area contributed by atoms with Gasteiger partial charge in [0.1, 0.15) is 0 Å². The van der Waals surface area contributed by atoms with Crippen LogP contribution < -0.4 is 0 Å². The van der Waals surface area contributed by atoms with Crippen LogP contribution in [-0.4, -0.2) is 11.8 Å². The molecule has 1 heteroatoms. The van der Waals surface area contributed by atoms with E-state index in [2.05, 4.69) is 85.0 Å². The molecular formula is C21H21P. The number of hydrogen-bond donors (Lipinski definition) is 0. The van der Waals surface area contributed by atoms with Gasteiger partial charge in [-0.05, 0) is 30.1 Å². The third-order valence-corrected chi connectivity index (χ3v) is 8.60. The molecule has 0 saturated carbocycles. The Kier molecular flexibility index (Phi) is 3.72. The molecule has 2 aromatic rings. The molecule has 110 valence electrons. The monoisotopic (exact) mass is 304 g/mol. The average Bonchev–Trinajstić information content (AvgIpc) is 3.26. The van der Waals surface area contributed by atoms with Crippen molar-refractivity contribution < 1.29 is 0 Å². The lowest BCUT2D eigenvalue weighted by Crippen LogP contribution is -2.25. The van der Waals surface area contributed by atoms with Crippen molar-refractivity contribution in [1.82, 2.24) is 0 Å². The van der Waals surface area contributed by atoms with E-state index in [9.17, 15) is 0 Å². The van der Waals surface area contributed by atoms with E-state index >= 15 is 0 Å². The minimum atomic E-state index is -0.120. The van der Waals surface area contributed by atoms with Crippen molar-refractivity contribution in [3.05, 3.63) is 96.1 Å². The first-order valence-electron chi connectivity index (χ1n) is 8.14. The summed E-state index contributed by atoms with van der Waals surface area (Å²) in [4.78, 5) is 0. The van der Waals surface area contributed by atoms with Gasteiger partial charge in [0.05, 0.1) is 0 Å². The molecule has 4 rings (SSSR count). The number of rotatable bonds is 3. The maximum Gasteiger partial charge on any atom is 0.0409 e. The quantitative estimate of drug-likeness (QED) is 0.638. The van der Waals surface area contributed by atoms with Crippen LogP contribution in [0, 0.1) is 0 Å². The van der Waals surface area contributed by atoms with Crippen molar-refractivity contribution in [2.24, 2.45) is 0 Å². The fourth-order valence-electron chi connectivity index (χ4n) is 4.09. The van der Waals surface area contributed by atoms with Crippen molar-refractivity contribution in [3.8, 4) is 0 Å². The van der Waals surface area contributed by atoms with Gasteiger partial charge in [-0.15, -0.1) is 0 Å². The summed E-state index contributed by atoms with van der Waals surface area (Å²) in [5.74, 6) is 0. The van der Waals surface area contributed by atoms with Gasteiger partial charge in [0.15, 0.2) is 0 Å². The molecule has 1 aliphatic heterocycles. The van der Waals surface area contributed by atoms with Crippen LogP contribution in [0.4, 0.5) is 0 Å². The lowest BCUT2D eigenvalue weighted by atomic mass is 9.87. The largest absolute Gasteiger partial charge is 0.0800 e. The molecule has 22 heavy (non-hydrogen) atoms. The normalized spacial score (nSPS) is 23.2. The molecule has 1 heterocycles. The minimum Gasteiger partial charge on any atom is -0.0800 e. The smallest absolute Gasteiger partial charge is 0.0409 e. The van der Waals surface area contributed by atoms with Gasteiger partial charge in [-0.25, -0.2) is 0 Å². The summed E-state index contributed by atoms with van der Waals surface area (Å²) >= 11 is 0. The molecule has 1 unspecified atom stereocenters. The van der Waals surface area contributed by atoms with E-state index in [-0.39, 0.29) is 13.1 Å². The molecule has 0 bridgehead atoms. The molecule has 1 fully saturated rings. The Morgan fingerprint density at radius 1 is 0.773 bits per heavy atom. The number of allylic oxidation sites excluding steroid dienone is 4. The van der Waals surface area contributed by atoms with E-state index in [4.69, 9.17) is 0 Å². The molecule has 0 amide bonds. The van der Waals surface area contributed by atoms with Crippen LogP contribution in [0.2, 0.25) is 0 Å². The van der Waals surface area contributed by atoms with Gasteiger partial charge in [0, 0.05) is 10.8 Å². The molecule has 2 aliphatic rings. The van der Waals surface area contributed by atoms with Crippen molar-refractivity contribution in [2.45, 2.75) is 23.7 Å². The molecule has 0 aromatic heterocycles. The third-order valence-electron chi connectivity index (χ3n) is 5.02. The first-order valence-corrected chi connectivity index (χ1v) is 9.74. The summed E-state index contributed by atoms with van der Waals surface area (Å²) in [7, 11) is -0.120. The Hall–Kier alpha value is -1.65. The Bertz CT molecular complexity index is 633. The second kappa shape index (κ2) is 5.86. The zero-order chi connectivity index (χ0) is 14.8. The van der Waals surface area contributed by atoms with Crippen LogP contribution >= 0.6 is 7.92 Å². The van der Waals surface area contributed by atoms with Gasteiger partial charge >= 0.3 is 0 Å². The molecule has 0 radical (unpaired) electrons. The second-order valence-electron chi connectivity index (χ2n) is 6.15. The minimum absolute atomic E-state index is 0.120. The average molecular weight is 304 g/mol. The van der Waals surface area contributed by atoms with Gasteiger partial charge in [0.2, 0.25) is 0 Å². The van der Waals surface area contributed by atoms with E-state index in [1.54, 1.807) is 0 Å². The summed E-state index contributed by atoms with van der Waals surface area (Å²) in [6, 6.07) is 22.4. The van der Waals surface area contributed by atoms with E-state index in [1.807, 2.05) is 0 Å². The Morgan fingerprint density at radius 3 is 1.86 bits per heavy atom. The van der Waals surface area contributed by atoms with Gasteiger partial charge in [-0.3, -0.25) is 0 Å². The zero-order valence-corrected chi connectivity index (χ0v) is 13.6. The Labute approximate surface area is 134 Å². The third kappa shape index (κ3) is 2.18. The molecule has 1 atom stereocenters. The van der Waals surface area contributed by atoms with Crippen LogP contribution in [0.3, 0.4) is 0 Å². The summed E-state index contributed by atoms with van der Waals surface area (Å²) in [5, 5.41) is 0.224. The lowest BCUT2D eigenvalue weighted by Gasteiger charge is -2.39. The second-order valence-corrected chi connectivity index (χ2v) is 8.90. The van der Waals surface area contributed by atoms with Gasteiger partial charge in [0.25, 0.3) is 0 Å². The molecule has 1 aliphatic carbocycles. The van der Waals surface area contributed by atoms with Crippen molar-refractivity contribution in [2.75, 3.05) is 6.16 Å². The molecule has 0 spiro atoms. The molecule has 0 N–H and O–H groups in total. The Balaban J connectivity index is 1.89. The van der Waals surface area contributed by atoms with Gasteiger partial charge in [-0.1, -0.05) is 92.9 Å². The van der Waals surface area contributed by atoms with Crippen LogP contribution in [0.1, 0.15) is 24.0 Å². The molecular weight excluding hydrogens is 283 g/mol. The number of benzene rings is 2. The zero-order valence-electron chi connectivity index (χ0n) is 12.7. The van der Waals surface area contributed by atoms with Gasteiger partial charge < -0.3 is 0 Å². The maximum absolute atomic E-state index is 2.41. The highest BCUT2D eigenvalue weighted by molar-refractivity contribution is 7.60. The maximum atomic E-state index is 2.41. The first kappa shape index (κ1) is 14.0. The van der Waals surface area contributed by atoms with E-state index in [0.29, 0.717) is 5.66 Å². The summed E-state index contributed by atoms with van der Waals surface area (Å²) in [6.45, 7) is 0. The Morgan fingerprint density at radius 2 is 1.32 bits per heavy atom. The fourth-order valence-corrected chi connectivity index (χ4v) is 7.79. The van der Waals surface area contributed by atoms with Crippen molar-refractivity contribution >= 4 is 7.92 Å². The summed E-state index contributed by atoms with van der Waals surface area (Å²) < 4.78 is 0. The fraction of sp³-hybridized carbons (Fsp3) is 0.238. The van der Waals surface area contributed by atoms with E-state index < -0.39 is 0 Å². The lowest BCUT2D eigenvalue weighted by molar-refractivity contribution is 0.677. The van der Waals surface area contributed by atoms with E-state index in [0.717, 1.165) is 0 Å². The molecule has 2 aromatic carbocycles. The predicted molar refractivity (Wildman–Crippen MR) is 96.8 cm³/mol. The van der Waals surface area contributed by atoms with Crippen molar-refractivity contribution in [3.63, 3.8) is 0 Å². The topological polar surface area (TPSA) is 0 Å². The van der Waals surface area contributed by atoms with Crippen LogP contribution in [-0.2, 0) is 5.16 Å². The predicted octanol–water partition coefficient (Wildman–Crippen LogP) is 5.70. The highest BCUT2D eigenvalue weighted by Gasteiger charge is 2.47. The summed E-state index contributed by atoms with van der Waals surface area (Å²) in [6.07, 6.45) is 13.3. The highest BCUT2D eigenvalue weighted by atomic mass is 31.1. The standard InChI is InChI=1S/C21H21P/c1-3-10-18(11-4-1)21(19-12-5-2-6-13-19)16-9-17-22(21)20-14-7-8-15-20/h1-8,10-15,20H,9,16-17H2. The molecule has 1 saturated heterocycles.